The van der Waals surface area contributed by atoms with Gasteiger partial charge in [0.15, 0.2) is 17.3 Å². The van der Waals surface area contributed by atoms with Crippen LogP contribution in [0.25, 0.3) is 0 Å². The first kappa shape index (κ1) is 57.0. The van der Waals surface area contributed by atoms with Gasteiger partial charge >= 0.3 is 0 Å². The van der Waals surface area contributed by atoms with E-state index in [9.17, 15) is 4.79 Å². The maximum atomic E-state index is 14.0. The zero-order chi connectivity index (χ0) is 45.0. The van der Waals surface area contributed by atoms with Gasteiger partial charge in [-0.2, -0.15) is 0 Å². The molecule has 0 aromatic heterocycles. The molecule has 0 saturated heterocycles. The smallest absolute Gasteiger partial charge is 0.174 e. The molecule has 0 aliphatic rings. The number of ether oxygens (including phenoxy) is 12. The maximum absolute atomic E-state index is 14.0. The van der Waals surface area contributed by atoms with Gasteiger partial charge in [-0.3, -0.25) is 4.79 Å². The van der Waals surface area contributed by atoms with E-state index in [0.29, 0.717) is 155 Å². The van der Waals surface area contributed by atoms with E-state index in [0.717, 1.165) is 24.2 Å². The third-order valence-corrected chi connectivity index (χ3v) is 10.3. The summed E-state index contributed by atoms with van der Waals surface area (Å²) in [7, 11) is 3.29. The largest absolute Gasteiger partial charge is 0.488 e. The number of carbonyl (C=O) groups is 1. The SMILES string of the molecule is C#CCCCOCC(C)(C)COCC(C)(C)COc1c(OCCOCCOCCOCCOC)cc(C(=O)C(C)C(C)CCC)cc1SCCOCCOCCOCCOC. The Morgan fingerprint density at radius 1 is 0.639 bits per heavy atom. The van der Waals surface area contributed by atoms with Crippen molar-refractivity contribution in [2.24, 2.45) is 22.7 Å². The van der Waals surface area contributed by atoms with E-state index in [1.165, 1.54) is 0 Å². The number of methoxy groups -OCH3 is 2. The molecule has 1 aromatic carbocycles. The number of Topliss-reactive ketones (excluding diaryl/α,β-unsaturated/α-hetero) is 1. The number of benzene rings is 1. The molecule has 0 fully saturated rings. The number of ketones is 1. The van der Waals surface area contributed by atoms with Crippen LogP contribution in [0.5, 0.6) is 11.5 Å². The lowest BCUT2D eigenvalue weighted by Crippen LogP contribution is -2.32. The van der Waals surface area contributed by atoms with Gasteiger partial charge in [-0.05, 0) is 24.5 Å². The molecular weight excluding hydrogens is 805 g/mol. The molecule has 2 unspecified atom stereocenters. The molecular formula is C47H82O13S. The van der Waals surface area contributed by atoms with Gasteiger partial charge in [-0.15, -0.1) is 24.1 Å². The van der Waals surface area contributed by atoms with Crippen LogP contribution in [0.15, 0.2) is 17.0 Å². The molecule has 0 saturated carbocycles. The van der Waals surface area contributed by atoms with Gasteiger partial charge in [0.25, 0.3) is 0 Å². The molecule has 0 bridgehead atoms. The molecule has 1 aromatic rings. The van der Waals surface area contributed by atoms with E-state index >= 15 is 0 Å². The van der Waals surface area contributed by atoms with Crippen molar-refractivity contribution in [3.8, 4) is 23.8 Å². The number of rotatable bonds is 43. The second-order valence-corrected chi connectivity index (χ2v) is 17.7. The summed E-state index contributed by atoms with van der Waals surface area (Å²) < 4.78 is 69.0. The van der Waals surface area contributed by atoms with Gasteiger partial charge in [-0.1, -0.05) is 61.3 Å². The maximum Gasteiger partial charge on any atom is 0.174 e. The Kier molecular flexibility index (Phi) is 34.0. The molecule has 0 aliphatic carbocycles. The molecule has 0 heterocycles. The average Bonchev–Trinajstić information content (AvgIpc) is 3.23. The van der Waals surface area contributed by atoms with Gasteiger partial charge in [-0.25, -0.2) is 0 Å². The van der Waals surface area contributed by atoms with E-state index in [1.54, 1.807) is 26.0 Å². The number of carbonyl (C=O) groups excluding carboxylic acids is 1. The number of unbranched alkanes of at least 4 members (excludes halogenated alkanes) is 1. The monoisotopic (exact) mass is 887 g/mol. The summed E-state index contributed by atoms with van der Waals surface area (Å²) >= 11 is 1.57. The molecule has 354 valence electrons. The molecule has 0 radical (unpaired) electrons. The van der Waals surface area contributed by atoms with Crippen LogP contribution in [0.4, 0.5) is 0 Å². The highest BCUT2D eigenvalue weighted by Gasteiger charge is 2.28. The van der Waals surface area contributed by atoms with Gasteiger partial charge in [0, 0.05) is 55.3 Å². The number of hydrogen-bond acceptors (Lipinski definition) is 14. The van der Waals surface area contributed by atoms with E-state index in [1.807, 2.05) is 19.1 Å². The number of hydrogen-bond donors (Lipinski definition) is 0. The van der Waals surface area contributed by atoms with Crippen molar-refractivity contribution in [2.45, 2.75) is 79.0 Å². The van der Waals surface area contributed by atoms with Crippen molar-refractivity contribution in [3.63, 3.8) is 0 Å². The minimum Gasteiger partial charge on any atom is -0.488 e. The average molecular weight is 887 g/mol. The lowest BCUT2D eigenvalue weighted by molar-refractivity contribution is -0.0336. The van der Waals surface area contributed by atoms with Crippen LogP contribution in [-0.2, 0) is 47.4 Å². The highest BCUT2D eigenvalue weighted by atomic mass is 32.2. The van der Waals surface area contributed by atoms with Crippen LogP contribution in [0, 0.1) is 35.0 Å². The van der Waals surface area contributed by atoms with Crippen LogP contribution in [0.2, 0.25) is 0 Å². The summed E-state index contributed by atoms with van der Waals surface area (Å²) in [6.45, 7) is 24.4. The quantitative estimate of drug-likeness (QED) is 0.0275. The van der Waals surface area contributed by atoms with Crippen molar-refractivity contribution >= 4 is 17.5 Å². The molecule has 0 spiro atoms. The predicted molar refractivity (Wildman–Crippen MR) is 242 cm³/mol. The summed E-state index contributed by atoms with van der Waals surface area (Å²) in [5, 5.41) is 0. The Morgan fingerprint density at radius 2 is 1.13 bits per heavy atom. The fourth-order valence-electron chi connectivity index (χ4n) is 5.67. The fraction of sp³-hybridized carbons (Fsp3) is 0.809. The Hall–Kier alpha value is -2.00. The third kappa shape index (κ3) is 29.1. The van der Waals surface area contributed by atoms with Crippen LogP contribution in [0.1, 0.15) is 84.5 Å². The van der Waals surface area contributed by atoms with Gasteiger partial charge in [0.05, 0.1) is 124 Å². The van der Waals surface area contributed by atoms with Crippen LogP contribution in [0.3, 0.4) is 0 Å². The van der Waals surface area contributed by atoms with Gasteiger partial charge < -0.3 is 56.8 Å². The lowest BCUT2D eigenvalue weighted by Gasteiger charge is -2.29. The van der Waals surface area contributed by atoms with Crippen molar-refractivity contribution in [2.75, 3.05) is 152 Å². The van der Waals surface area contributed by atoms with Crippen molar-refractivity contribution in [3.05, 3.63) is 17.7 Å². The first-order valence-electron chi connectivity index (χ1n) is 22.0. The van der Waals surface area contributed by atoms with Crippen LogP contribution < -0.4 is 9.47 Å². The standard InChI is InChI=1S/C47H82O13S/c1-11-13-14-16-57-35-46(5,6)36-58-37-47(7,8)38-60-45-42(59-30-29-55-26-25-53-23-21-51-19-17-49-9)33-41(44(48)40(4)39(3)15-12-2)34-43(45)61-32-31-56-28-27-54-24-22-52-20-18-50-10/h1,33-34,39-40H,12-32,35-38H2,2-10H3. The van der Waals surface area contributed by atoms with E-state index < -0.39 is 0 Å². The Bertz CT molecular complexity index is 1220. The molecule has 1 rings (SSSR count). The van der Waals surface area contributed by atoms with E-state index in [-0.39, 0.29) is 35.1 Å². The van der Waals surface area contributed by atoms with Crippen LogP contribution >= 0.6 is 11.8 Å². The first-order valence-corrected chi connectivity index (χ1v) is 23.0. The van der Waals surface area contributed by atoms with E-state index in [2.05, 4.69) is 47.5 Å². The fourth-order valence-corrected chi connectivity index (χ4v) is 6.59. The molecule has 0 aliphatic heterocycles. The molecule has 0 N–H and O–H groups in total. The minimum absolute atomic E-state index is 0.0785. The summed E-state index contributed by atoms with van der Waals surface area (Å²) in [5.41, 5.74) is 0.0821. The highest BCUT2D eigenvalue weighted by molar-refractivity contribution is 7.99. The van der Waals surface area contributed by atoms with Crippen molar-refractivity contribution in [1.29, 1.82) is 0 Å². The first-order chi connectivity index (χ1) is 29.4. The van der Waals surface area contributed by atoms with Crippen LogP contribution in [-0.4, -0.2) is 158 Å². The Balaban J connectivity index is 3.10. The normalized spacial score (nSPS) is 13.0. The molecule has 0 amide bonds. The second-order valence-electron chi connectivity index (χ2n) is 16.5. The summed E-state index contributed by atoms with van der Waals surface area (Å²) in [6, 6.07) is 3.77. The highest BCUT2D eigenvalue weighted by Crippen LogP contribution is 2.41. The third-order valence-electron chi connectivity index (χ3n) is 9.33. The Labute approximate surface area is 373 Å². The zero-order valence-corrected chi connectivity index (χ0v) is 40.1. The number of thioether (sulfide) groups is 1. The topological polar surface area (TPSA) is 128 Å². The lowest BCUT2D eigenvalue weighted by atomic mass is 9.85. The van der Waals surface area contributed by atoms with Gasteiger partial charge in [0.1, 0.15) is 6.61 Å². The number of terminal acetylenes is 1. The molecule has 61 heavy (non-hydrogen) atoms. The summed E-state index contributed by atoms with van der Waals surface area (Å²) in [6.07, 6.45) is 8.91. The Morgan fingerprint density at radius 3 is 1.66 bits per heavy atom. The molecule has 14 heteroatoms. The molecule has 13 nitrogen and oxygen atoms in total. The van der Waals surface area contributed by atoms with Crippen molar-refractivity contribution < 1.29 is 61.6 Å². The van der Waals surface area contributed by atoms with Crippen molar-refractivity contribution in [1.82, 2.24) is 0 Å². The predicted octanol–water partition coefficient (Wildman–Crippen LogP) is 7.68. The van der Waals surface area contributed by atoms with Gasteiger partial charge in [0.2, 0.25) is 0 Å². The second kappa shape index (κ2) is 36.4. The summed E-state index contributed by atoms with van der Waals surface area (Å²) in [5.74, 6) is 4.51. The minimum atomic E-state index is -0.350. The van der Waals surface area contributed by atoms with E-state index in [4.69, 9.17) is 63.3 Å². The zero-order valence-electron chi connectivity index (χ0n) is 39.3. The summed E-state index contributed by atoms with van der Waals surface area (Å²) in [4.78, 5) is 14.8. The molecule has 2 atom stereocenters.